The lowest BCUT2D eigenvalue weighted by atomic mass is 10.2. The number of alkyl carbamates (subject to hydrolysis) is 1. The number of hydrogen-bond acceptors (Lipinski definition) is 3. The van der Waals surface area contributed by atoms with Gasteiger partial charge in [0.05, 0.1) is 0 Å². The van der Waals surface area contributed by atoms with Crippen LogP contribution in [0.25, 0.3) is 0 Å². The Morgan fingerprint density at radius 2 is 1.89 bits per heavy atom. The van der Waals surface area contributed by atoms with Crippen molar-refractivity contribution in [2.75, 3.05) is 6.54 Å². The second-order valence-electron chi connectivity index (χ2n) is 3.84. The molecule has 0 atom stereocenters. The molecule has 1 amide bonds. The van der Waals surface area contributed by atoms with Gasteiger partial charge in [-0.2, -0.15) is 0 Å². The molecule has 0 unspecified atom stereocenters. The summed E-state index contributed by atoms with van der Waals surface area (Å²) in [5.74, 6) is -0.818. The minimum Gasteiger partial charge on any atom is -0.481 e. The van der Waals surface area contributed by atoms with E-state index in [1.54, 1.807) is 0 Å². The summed E-state index contributed by atoms with van der Waals surface area (Å²) in [5.41, 5.74) is 0.929. The lowest BCUT2D eigenvalue weighted by molar-refractivity contribution is -0.137. The number of hydrogen-bond donors (Lipinski definition) is 2. The highest BCUT2D eigenvalue weighted by Crippen LogP contribution is 2.00. The molecule has 5 nitrogen and oxygen atoms in total. The summed E-state index contributed by atoms with van der Waals surface area (Å²) in [5, 5.41) is 11.0. The molecule has 18 heavy (non-hydrogen) atoms. The van der Waals surface area contributed by atoms with E-state index in [2.05, 4.69) is 5.32 Å². The highest BCUT2D eigenvalue weighted by molar-refractivity contribution is 5.67. The molecule has 0 aliphatic rings. The fourth-order valence-electron chi connectivity index (χ4n) is 1.37. The van der Waals surface area contributed by atoms with E-state index >= 15 is 0 Å². The molecule has 0 heterocycles. The summed E-state index contributed by atoms with van der Waals surface area (Å²) in [6.45, 7) is 0.669. The Bertz CT molecular complexity index is 378. The van der Waals surface area contributed by atoms with Crippen LogP contribution in [0.5, 0.6) is 0 Å². The molecule has 2 N–H and O–H groups in total. The van der Waals surface area contributed by atoms with Crippen LogP contribution in [0.1, 0.15) is 24.8 Å². The minimum absolute atomic E-state index is 0.126. The Balaban J connectivity index is 2.06. The summed E-state index contributed by atoms with van der Waals surface area (Å²) in [6.07, 6.45) is 0.830. The molecular formula is C13H17NO4. The number of aliphatic carboxylic acids is 1. The Hall–Kier alpha value is -2.04. The lowest BCUT2D eigenvalue weighted by Crippen LogP contribution is -2.25. The summed E-state index contributed by atoms with van der Waals surface area (Å²) in [6, 6.07) is 9.40. The minimum atomic E-state index is -0.818. The zero-order chi connectivity index (χ0) is 13.2. The molecule has 5 heteroatoms. The van der Waals surface area contributed by atoms with E-state index in [1.165, 1.54) is 0 Å². The summed E-state index contributed by atoms with van der Waals surface area (Å²) < 4.78 is 4.99. The quantitative estimate of drug-likeness (QED) is 0.728. The molecular weight excluding hydrogens is 234 g/mol. The van der Waals surface area contributed by atoms with Crippen molar-refractivity contribution in [1.82, 2.24) is 5.32 Å². The molecule has 1 aromatic carbocycles. The van der Waals surface area contributed by atoms with E-state index in [-0.39, 0.29) is 13.0 Å². The van der Waals surface area contributed by atoms with E-state index in [0.29, 0.717) is 19.4 Å². The fourth-order valence-corrected chi connectivity index (χ4v) is 1.37. The molecule has 0 saturated heterocycles. The third-order valence-corrected chi connectivity index (χ3v) is 2.30. The van der Waals surface area contributed by atoms with E-state index in [9.17, 15) is 9.59 Å². The van der Waals surface area contributed by atoms with Crippen LogP contribution in [0.2, 0.25) is 0 Å². The van der Waals surface area contributed by atoms with E-state index in [4.69, 9.17) is 9.84 Å². The Morgan fingerprint density at radius 3 is 2.56 bits per heavy atom. The van der Waals surface area contributed by atoms with Gasteiger partial charge in [-0.15, -0.1) is 0 Å². The first-order valence-electron chi connectivity index (χ1n) is 5.85. The average molecular weight is 251 g/mol. The molecule has 0 aliphatic heterocycles. The zero-order valence-electron chi connectivity index (χ0n) is 10.1. The van der Waals surface area contributed by atoms with Crippen molar-refractivity contribution in [2.24, 2.45) is 0 Å². The van der Waals surface area contributed by atoms with Gasteiger partial charge in [0, 0.05) is 13.0 Å². The summed E-state index contributed by atoms with van der Waals surface area (Å²) in [7, 11) is 0. The number of ether oxygens (including phenoxy) is 1. The maximum atomic E-state index is 11.3. The van der Waals surface area contributed by atoms with Crippen LogP contribution in [0, 0.1) is 0 Å². The number of carbonyl (C=O) groups is 2. The molecule has 0 fully saturated rings. The third-order valence-electron chi connectivity index (χ3n) is 2.30. The van der Waals surface area contributed by atoms with Crippen LogP contribution in [0.15, 0.2) is 30.3 Å². The average Bonchev–Trinajstić information content (AvgIpc) is 2.37. The van der Waals surface area contributed by atoms with Gasteiger partial charge in [0.1, 0.15) is 6.61 Å². The number of rotatable bonds is 7. The first kappa shape index (κ1) is 14.0. The third kappa shape index (κ3) is 6.52. The number of carboxylic acids is 1. The van der Waals surface area contributed by atoms with Crippen molar-refractivity contribution in [3.05, 3.63) is 35.9 Å². The van der Waals surface area contributed by atoms with Crippen molar-refractivity contribution in [3.63, 3.8) is 0 Å². The smallest absolute Gasteiger partial charge is 0.407 e. The summed E-state index contributed by atoms with van der Waals surface area (Å²) >= 11 is 0. The standard InChI is InChI=1S/C13H17NO4/c15-12(16)8-4-5-9-14-13(17)18-10-11-6-2-1-3-7-11/h1-3,6-7H,4-5,8-10H2,(H,14,17)(H,15,16). The van der Waals surface area contributed by atoms with Crippen LogP contribution in [-0.2, 0) is 16.1 Å². The first-order chi connectivity index (χ1) is 8.68. The molecule has 0 saturated carbocycles. The van der Waals surface area contributed by atoms with Gasteiger partial charge in [0.15, 0.2) is 0 Å². The normalized spacial score (nSPS) is 9.78. The van der Waals surface area contributed by atoms with Gasteiger partial charge in [-0.3, -0.25) is 4.79 Å². The number of benzene rings is 1. The lowest BCUT2D eigenvalue weighted by Gasteiger charge is -2.06. The summed E-state index contributed by atoms with van der Waals surface area (Å²) in [4.78, 5) is 21.5. The number of unbranched alkanes of at least 4 members (excludes halogenated alkanes) is 1. The van der Waals surface area contributed by atoms with Crippen LogP contribution < -0.4 is 5.32 Å². The maximum absolute atomic E-state index is 11.3. The van der Waals surface area contributed by atoms with Crippen LogP contribution >= 0.6 is 0 Å². The maximum Gasteiger partial charge on any atom is 0.407 e. The highest BCUT2D eigenvalue weighted by atomic mass is 16.5. The predicted molar refractivity (Wildman–Crippen MR) is 66.1 cm³/mol. The molecule has 0 radical (unpaired) electrons. The number of carbonyl (C=O) groups excluding carboxylic acids is 1. The largest absolute Gasteiger partial charge is 0.481 e. The second-order valence-corrected chi connectivity index (χ2v) is 3.84. The molecule has 1 rings (SSSR count). The van der Waals surface area contributed by atoms with Crippen LogP contribution in [-0.4, -0.2) is 23.7 Å². The van der Waals surface area contributed by atoms with Crippen LogP contribution in [0.3, 0.4) is 0 Å². The monoisotopic (exact) mass is 251 g/mol. The van der Waals surface area contributed by atoms with Gasteiger partial charge < -0.3 is 15.2 Å². The number of amides is 1. The van der Waals surface area contributed by atoms with Crippen molar-refractivity contribution >= 4 is 12.1 Å². The van der Waals surface area contributed by atoms with Crippen LogP contribution in [0.4, 0.5) is 4.79 Å². The molecule has 0 aliphatic carbocycles. The number of nitrogens with one attached hydrogen (secondary N) is 1. The SMILES string of the molecule is O=C(O)CCCCNC(=O)OCc1ccccc1. The second kappa shape index (κ2) is 8.11. The number of carboxylic acid groups (broad SMARTS) is 1. The first-order valence-corrected chi connectivity index (χ1v) is 5.85. The van der Waals surface area contributed by atoms with Crippen molar-refractivity contribution in [2.45, 2.75) is 25.9 Å². The Kier molecular flexibility index (Phi) is 6.32. The Labute approximate surface area is 106 Å². The topological polar surface area (TPSA) is 75.6 Å². The van der Waals surface area contributed by atoms with E-state index in [1.807, 2.05) is 30.3 Å². The van der Waals surface area contributed by atoms with Crippen molar-refractivity contribution in [3.8, 4) is 0 Å². The molecule has 98 valence electrons. The molecule has 0 aromatic heterocycles. The molecule has 1 aromatic rings. The van der Waals surface area contributed by atoms with Gasteiger partial charge in [-0.25, -0.2) is 4.79 Å². The van der Waals surface area contributed by atoms with E-state index in [0.717, 1.165) is 5.56 Å². The zero-order valence-corrected chi connectivity index (χ0v) is 10.1. The molecule has 0 spiro atoms. The van der Waals surface area contributed by atoms with Gasteiger partial charge in [-0.05, 0) is 18.4 Å². The highest BCUT2D eigenvalue weighted by Gasteiger charge is 2.02. The van der Waals surface area contributed by atoms with Gasteiger partial charge in [0.2, 0.25) is 0 Å². The Morgan fingerprint density at radius 1 is 1.17 bits per heavy atom. The van der Waals surface area contributed by atoms with Gasteiger partial charge in [-0.1, -0.05) is 30.3 Å². The van der Waals surface area contributed by atoms with Gasteiger partial charge >= 0.3 is 12.1 Å². The van der Waals surface area contributed by atoms with E-state index < -0.39 is 12.1 Å². The fraction of sp³-hybridized carbons (Fsp3) is 0.385. The predicted octanol–water partition coefficient (Wildman–Crippen LogP) is 2.17. The van der Waals surface area contributed by atoms with Gasteiger partial charge in [0.25, 0.3) is 0 Å². The van der Waals surface area contributed by atoms with Crippen molar-refractivity contribution in [1.29, 1.82) is 0 Å². The van der Waals surface area contributed by atoms with Crippen molar-refractivity contribution < 1.29 is 19.4 Å². The molecule has 0 bridgehead atoms.